The van der Waals surface area contributed by atoms with Crippen LogP contribution in [0.5, 0.6) is 0 Å². The molecule has 0 radical (unpaired) electrons. The fourth-order valence-electron chi connectivity index (χ4n) is 2.93. The molecule has 0 aliphatic carbocycles. The second-order valence-electron chi connectivity index (χ2n) is 6.37. The predicted octanol–water partition coefficient (Wildman–Crippen LogP) is 3.89. The van der Waals surface area contributed by atoms with E-state index in [-0.39, 0.29) is 18.1 Å². The molecule has 0 aliphatic rings. The lowest BCUT2D eigenvalue weighted by atomic mass is 10.1. The van der Waals surface area contributed by atoms with Crippen molar-refractivity contribution in [2.45, 2.75) is 13.0 Å². The van der Waals surface area contributed by atoms with Gasteiger partial charge < -0.3 is 15.6 Å². The van der Waals surface area contributed by atoms with Crippen molar-refractivity contribution < 1.29 is 9.18 Å². The largest absolute Gasteiger partial charge is 0.365 e. The predicted molar refractivity (Wildman–Crippen MR) is 106 cm³/mol. The Hall–Kier alpha value is -3.74. The molecule has 28 heavy (non-hydrogen) atoms. The van der Waals surface area contributed by atoms with E-state index in [1.807, 2.05) is 30.5 Å². The summed E-state index contributed by atoms with van der Waals surface area (Å²) in [7, 11) is 0. The number of carbonyl (C=O) groups excluding carboxylic acids is 1. The average molecular weight is 375 g/mol. The van der Waals surface area contributed by atoms with Crippen molar-refractivity contribution in [2.24, 2.45) is 0 Å². The summed E-state index contributed by atoms with van der Waals surface area (Å²) in [4.78, 5) is 15.5. The second-order valence-corrected chi connectivity index (χ2v) is 6.37. The van der Waals surface area contributed by atoms with Gasteiger partial charge in [-0.2, -0.15) is 0 Å². The number of hydrogen-bond acceptors (Lipinski definition) is 4. The van der Waals surface area contributed by atoms with Gasteiger partial charge in [0.15, 0.2) is 5.82 Å². The fourth-order valence-corrected chi connectivity index (χ4v) is 2.93. The molecule has 6 nitrogen and oxygen atoms in total. The summed E-state index contributed by atoms with van der Waals surface area (Å²) in [6.45, 7) is 0.501. The molecule has 0 saturated carbocycles. The summed E-state index contributed by atoms with van der Waals surface area (Å²) in [5, 5.41) is 15.0. The van der Waals surface area contributed by atoms with E-state index in [0.29, 0.717) is 18.2 Å². The second kappa shape index (κ2) is 7.87. The topological polar surface area (TPSA) is 82.7 Å². The summed E-state index contributed by atoms with van der Waals surface area (Å²) >= 11 is 0. The number of nitrogens with zero attached hydrogens (tertiary/aromatic N) is 2. The molecule has 1 amide bonds. The molecule has 0 atom stereocenters. The van der Waals surface area contributed by atoms with E-state index >= 15 is 0 Å². The Kier molecular flexibility index (Phi) is 4.97. The number of amides is 1. The Balaban J connectivity index is 1.33. The van der Waals surface area contributed by atoms with Gasteiger partial charge in [-0.25, -0.2) is 4.39 Å². The highest BCUT2D eigenvalue weighted by atomic mass is 19.1. The normalized spacial score (nSPS) is 10.8. The van der Waals surface area contributed by atoms with Crippen LogP contribution < -0.4 is 10.6 Å². The van der Waals surface area contributed by atoms with Crippen LogP contribution in [-0.4, -0.2) is 21.1 Å². The molecular weight excluding hydrogens is 357 g/mol. The number of anilines is 2. The van der Waals surface area contributed by atoms with Gasteiger partial charge in [0, 0.05) is 23.6 Å². The number of H-pyrrole nitrogens is 1. The van der Waals surface area contributed by atoms with Gasteiger partial charge in [0.05, 0.1) is 6.42 Å². The first-order chi connectivity index (χ1) is 13.7. The van der Waals surface area contributed by atoms with Crippen molar-refractivity contribution in [3.63, 3.8) is 0 Å². The number of carbonyl (C=O) groups is 1. The summed E-state index contributed by atoms with van der Waals surface area (Å²) in [5.74, 6) is 0.526. The van der Waals surface area contributed by atoms with Crippen LogP contribution in [0, 0.1) is 5.82 Å². The number of aromatic amines is 1. The number of rotatable bonds is 6. The first-order valence-corrected chi connectivity index (χ1v) is 8.84. The van der Waals surface area contributed by atoms with Gasteiger partial charge in [0.25, 0.3) is 0 Å². The molecule has 0 spiro atoms. The lowest BCUT2D eigenvalue weighted by molar-refractivity contribution is -0.115. The Labute approximate surface area is 160 Å². The van der Waals surface area contributed by atoms with Crippen molar-refractivity contribution >= 4 is 28.4 Å². The SMILES string of the molecule is O=C(Cc1c[nH]c2ccccc12)Nc1ccc(NCc2ccc(F)cc2)nn1. The zero-order valence-corrected chi connectivity index (χ0v) is 14.9. The van der Waals surface area contributed by atoms with E-state index < -0.39 is 0 Å². The molecule has 0 bridgehead atoms. The van der Waals surface area contributed by atoms with Gasteiger partial charge in [-0.1, -0.05) is 30.3 Å². The number of para-hydroxylation sites is 1. The standard InChI is InChI=1S/C21H18FN5O/c22-16-7-5-14(6-8-16)12-24-19-9-10-20(27-26-19)25-21(28)11-15-13-23-18-4-2-1-3-17(15)18/h1-10,13,23H,11-12H2,(H,24,26)(H,25,27,28). The summed E-state index contributed by atoms with van der Waals surface area (Å²) in [6, 6.07) is 17.5. The molecule has 0 unspecified atom stereocenters. The monoisotopic (exact) mass is 375 g/mol. The van der Waals surface area contributed by atoms with Gasteiger partial charge >= 0.3 is 0 Å². The fraction of sp³-hybridized carbons (Fsp3) is 0.0952. The Morgan fingerprint density at radius 2 is 1.71 bits per heavy atom. The molecular formula is C21H18FN5O. The maximum atomic E-state index is 12.9. The molecule has 2 aromatic heterocycles. The van der Waals surface area contributed by atoms with E-state index in [1.54, 1.807) is 24.3 Å². The van der Waals surface area contributed by atoms with E-state index in [1.165, 1.54) is 12.1 Å². The molecule has 2 heterocycles. The molecule has 0 saturated heterocycles. The smallest absolute Gasteiger partial charge is 0.230 e. The Morgan fingerprint density at radius 3 is 2.50 bits per heavy atom. The van der Waals surface area contributed by atoms with Gasteiger partial charge in [-0.15, -0.1) is 10.2 Å². The van der Waals surface area contributed by atoms with Crippen molar-refractivity contribution in [3.05, 3.63) is 83.8 Å². The van der Waals surface area contributed by atoms with Crippen LogP contribution in [0.3, 0.4) is 0 Å². The third-order valence-electron chi connectivity index (χ3n) is 4.34. The highest BCUT2D eigenvalue weighted by Crippen LogP contribution is 2.18. The zero-order valence-electron chi connectivity index (χ0n) is 14.9. The van der Waals surface area contributed by atoms with E-state index in [2.05, 4.69) is 25.8 Å². The quantitative estimate of drug-likeness (QED) is 0.477. The molecule has 2 aromatic carbocycles. The van der Waals surface area contributed by atoms with Crippen LogP contribution >= 0.6 is 0 Å². The maximum absolute atomic E-state index is 12.9. The van der Waals surface area contributed by atoms with Crippen molar-refractivity contribution in [1.29, 1.82) is 0 Å². The molecule has 7 heteroatoms. The molecule has 3 N–H and O–H groups in total. The highest BCUT2D eigenvalue weighted by molar-refractivity contribution is 5.95. The highest BCUT2D eigenvalue weighted by Gasteiger charge is 2.09. The lowest BCUT2D eigenvalue weighted by Crippen LogP contribution is -2.15. The summed E-state index contributed by atoms with van der Waals surface area (Å²) in [5.41, 5.74) is 2.86. The van der Waals surface area contributed by atoms with Gasteiger partial charge in [-0.3, -0.25) is 4.79 Å². The van der Waals surface area contributed by atoms with E-state index in [4.69, 9.17) is 0 Å². The van der Waals surface area contributed by atoms with Crippen LogP contribution in [-0.2, 0) is 17.8 Å². The van der Waals surface area contributed by atoms with Crippen LogP contribution in [0.1, 0.15) is 11.1 Å². The summed E-state index contributed by atoms with van der Waals surface area (Å²) < 4.78 is 12.9. The Bertz CT molecular complexity index is 1090. The van der Waals surface area contributed by atoms with Crippen LogP contribution in [0.15, 0.2) is 66.9 Å². The lowest BCUT2D eigenvalue weighted by Gasteiger charge is -2.07. The van der Waals surface area contributed by atoms with Crippen molar-refractivity contribution in [3.8, 4) is 0 Å². The third-order valence-corrected chi connectivity index (χ3v) is 4.34. The zero-order chi connectivity index (χ0) is 19.3. The van der Waals surface area contributed by atoms with Crippen molar-refractivity contribution in [2.75, 3.05) is 10.6 Å². The minimum atomic E-state index is -0.267. The molecule has 0 fully saturated rings. The van der Waals surface area contributed by atoms with Crippen LogP contribution in [0.2, 0.25) is 0 Å². The first-order valence-electron chi connectivity index (χ1n) is 8.84. The van der Waals surface area contributed by atoms with Gasteiger partial charge in [0.1, 0.15) is 11.6 Å². The number of halogens is 1. The number of aromatic nitrogens is 3. The minimum Gasteiger partial charge on any atom is -0.365 e. The van der Waals surface area contributed by atoms with E-state index in [0.717, 1.165) is 22.0 Å². The van der Waals surface area contributed by atoms with E-state index in [9.17, 15) is 9.18 Å². The molecule has 4 rings (SSSR count). The maximum Gasteiger partial charge on any atom is 0.230 e. The van der Waals surface area contributed by atoms with Crippen molar-refractivity contribution in [1.82, 2.24) is 15.2 Å². The number of nitrogens with one attached hydrogen (secondary N) is 3. The molecule has 0 aliphatic heterocycles. The van der Waals surface area contributed by atoms with Crippen LogP contribution in [0.25, 0.3) is 10.9 Å². The number of benzene rings is 2. The number of hydrogen-bond donors (Lipinski definition) is 3. The van der Waals surface area contributed by atoms with Crippen LogP contribution in [0.4, 0.5) is 16.0 Å². The van der Waals surface area contributed by atoms with Gasteiger partial charge in [0.2, 0.25) is 5.91 Å². The minimum absolute atomic E-state index is 0.161. The average Bonchev–Trinajstić information content (AvgIpc) is 3.11. The van der Waals surface area contributed by atoms with Gasteiger partial charge in [-0.05, 0) is 41.5 Å². The Morgan fingerprint density at radius 1 is 0.964 bits per heavy atom. The first kappa shape index (κ1) is 17.7. The third kappa shape index (κ3) is 4.15. The number of fused-ring (bicyclic) bond motifs is 1. The molecule has 140 valence electrons. The molecule has 4 aromatic rings. The summed E-state index contributed by atoms with van der Waals surface area (Å²) in [6.07, 6.45) is 2.09.